The number of benzene rings is 1. The summed E-state index contributed by atoms with van der Waals surface area (Å²) in [4.78, 5) is 16.3. The topological polar surface area (TPSA) is 68.2 Å². The molecule has 0 bridgehead atoms. The van der Waals surface area contributed by atoms with Crippen molar-refractivity contribution in [1.82, 2.24) is 15.0 Å². The standard InChI is InChI=1S/C18H14ClF3N4O2/c1-28-15-7-3-2-5-13(15)24-25-17(27)14-6-4-8-26(14)16-12(19)9-11(10-23-16)18(20,21)22/h2-10,24H,1H3,(H,25,27). The second-order valence-corrected chi connectivity index (χ2v) is 5.98. The van der Waals surface area contributed by atoms with Gasteiger partial charge in [-0.1, -0.05) is 23.7 Å². The molecule has 0 aliphatic carbocycles. The molecule has 0 aliphatic rings. The average Bonchev–Trinajstić information content (AvgIpc) is 3.15. The maximum atomic E-state index is 12.8. The Kier molecular flexibility index (Phi) is 5.46. The number of hydrogen-bond donors (Lipinski definition) is 2. The quantitative estimate of drug-likeness (QED) is 0.615. The number of methoxy groups -OCH3 is 1. The first-order valence-electron chi connectivity index (χ1n) is 7.91. The molecule has 0 fully saturated rings. The van der Waals surface area contributed by atoms with E-state index in [1.54, 1.807) is 30.3 Å². The number of nitrogens with one attached hydrogen (secondary N) is 2. The van der Waals surface area contributed by atoms with Crippen molar-refractivity contribution in [3.63, 3.8) is 0 Å². The molecule has 0 aliphatic heterocycles. The molecule has 2 heterocycles. The molecular weight excluding hydrogens is 397 g/mol. The van der Waals surface area contributed by atoms with Crippen molar-refractivity contribution in [3.8, 4) is 11.6 Å². The Morgan fingerprint density at radius 1 is 1.21 bits per heavy atom. The normalized spacial score (nSPS) is 11.2. The highest BCUT2D eigenvalue weighted by Gasteiger charge is 2.32. The maximum absolute atomic E-state index is 12.8. The van der Waals surface area contributed by atoms with Gasteiger partial charge in [0.1, 0.15) is 11.4 Å². The molecule has 2 N–H and O–H groups in total. The van der Waals surface area contributed by atoms with Gasteiger partial charge in [0.05, 0.1) is 23.4 Å². The summed E-state index contributed by atoms with van der Waals surface area (Å²) < 4.78 is 44.8. The zero-order valence-corrected chi connectivity index (χ0v) is 15.2. The Hall–Kier alpha value is -3.20. The third-order valence-corrected chi connectivity index (χ3v) is 4.05. The zero-order valence-electron chi connectivity index (χ0n) is 14.4. The van der Waals surface area contributed by atoms with Crippen LogP contribution in [-0.2, 0) is 6.18 Å². The van der Waals surface area contributed by atoms with E-state index in [4.69, 9.17) is 16.3 Å². The first-order chi connectivity index (χ1) is 13.3. The number of carbonyl (C=O) groups excluding carboxylic acids is 1. The van der Waals surface area contributed by atoms with Crippen LogP contribution >= 0.6 is 11.6 Å². The van der Waals surface area contributed by atoms with Crippen LogP contribution in [0, 0.1) is 0 Å². The lowest BCUT2D eigenvalue weighted by Gasteiger charge is -2.14. The first kappa shape index (κ1) is 19.6. The van der Waals surface area contributed by atoms with Crippen LogP contribution in [0.1, 0.15) is 16.1 Å². The molecule has 0 spiro atoms. The molecule has 0 saturated heterocycles. The Morgan fingerprint density at radius 2 is 1.96 bits per heavy atom. The number of pyridine rings is 1. The van der Waals surface area contributed by atoms with E-state index in [9.17, 15) is 18.0 Å². The number of rotatable bonds is 5. The molecule has 3 aromatic rings. The van der Waals surface area contributed by atoms with Crippen LogP contribution in [0.2, 0.25) is 5.02 Å². The van der Waals surface area contributed by atoms with Gasteiger partial charge < -0.3 is 4.74 Å². The molecule has 10 heteroatoms. The molecule has 1 amide bonds. The molecule has 1 aromatic carbocycles. The van der Waals surface area contributed by atoms with Crippen LogP contribution in [0.4, 0.5) is 18.9 Å². The van der Waals surface area contributed by atoms with Crippen molar-refractivity contribution in [2.75, 3.05) is 12.5 Å². The first-order valence-corrected chi connectivity index (χ1v) is 8.29. The molecule has 0 radical (unpaired) electrons. The Balaban J connectivity index is 1.83. The van der Waals surface area contributed by atoms with E-state index >= 15 is 0 Å². The fourth-order valence-electron chi connectivity index (χ4n) is 2.45. The summed E-state index contributed by atoms with van der Waals surface area (Å²) in [6.07, 6.45) is -2.43. The summed E-state index contributed by atoms with van der Waals surface area (Å²) >= 11 is 5.97. The highest BCUT2D eigenvalue weighted by Crippen LogP contribution is 2.32. The van der Waals surface area contributed by atoms with Gasteiger partial charge in [-0.25, -0.2) is 4.98 Å². The fraction of sp³-hybridized carbons (Fsp3) is 0.111. The van der Waals surface area contributed by atoms with Gasteiger partial charge in [0.2, 0.25) is 0 Å². The number of aromatic nitrogens is 2. The van der Waals surface area contributed by atoms with Crippen molar-refractivity contribution in [2.45, 2.75) is 6.18 Å². The Bertz CT molecular complexity index is 1000. The minimum atomic E-state index is -4.56. The minimum absolute atomic E-state index is 0.00195. The lowest BCUT2D eigenvalue weighted by atomic mass is 10.2. The van der Waals surface area contributed by atoms with Crippen LogP contribution in [0.5, 0.6) is 5.75 Å². The summed E-state index contributed by atoms with van der Waals surface area (Å²) in [5.74, 6) is -0.0265. The third-order valence-electron chi connectivity index (χ3n) is 3.78. The number of anilines is 1. The number of para-hydroxylation sites is 2. The van der Waals surface area contributed by atoms with Crippen LogP contribution < -0.4 is 15.6 Å². The number of hydrogen-bond acceptors (Lipinski definition) is 4. The van der Waals surface area contributed by atoms with E-state index in [-0.39, 0.29) is 16.5 Å². The number of nitrogens with zero attached hydrogens (tertiary/aromatic N) is 2. The number of carbonyl (C=O) groups is 1. The van der Waals surface area contributed by atoms with E-state index in [1.807, 2.05) is 0 Å². The SMILES string of the molecule is COc1ccccc1NNC(=O)c1cccn1-c1ncc(C(F)(F)F)cc1Cl. The minimum Gasteiger partial charge on any atom is -0.495 e. The van der Waals surface area contributed by atoms with Crippen molar-refractivity contribution in [1.29, 1.82) is 0 Å². The average molecular weight is 411 g/mol. The van der Waals surface area contributed by atoms with Gasteiger partial charge in [-0.3, -0.25) is 20.2 Å². The number of hydrazine groups is 1. The van der Waals surface area contributed by atoms with Crippen molar-refractivity contribution in [2.24, 2.45) is 0 Å². The Morgan fingerprint density at radius 3 is 2.64 bits per heavy atom. The predicted molar refractivity (Wildman–Crippen MR) is 97.7 cm³/mol. The lowest BCUT2D eigenvalue weighted by Crippen LogP contribution is -2.31. The molecule has 3 rings (SSSR count). The second kappa shape index (κ2) is 7.81. The monoisotopic (exact) mass is 410 g/mol. The largest absolute Gasteiger partial charge is 0.495 e. The van der Waals surface area contributed by atoms with Gasteiger partial charge in [0.25, 0.3) is 5.91 Å². The van der Waals surface area contributed by atoms with E-state index < -0.39 is 17.6 Å². The van der Waals surface area contributed by atoms with Gasteiger partial charge >= 0.3 is 6.18 Å². The molecule has 0 saturated carbocycles. The number of alkyl halides is 3. The molecule has 0 unspecified atom stereocenters. The number of amides is 1. The highest BCUT2D eigenvalue weighted by molar-refractivity contribution is 6.32. The molecule has 2 aromatic heterocycles. The molecule has 0 atom stereocenters. The maximum Gasteiger partial charge on any atom is 0.417 e. The van der Waals surface area contributed by atoms with E-state index in [0.717, 1.165) is 6.07 Å². The smallest absolute Gasteiger partial charge is 0.417 e. The Labute approximate surface area is 162 Å². The highest BCUT2D eigenvalue weighted by atomic mass is 35.5. The van der Waals surface area contributed by atoms with E-state index in [0.29, 0.717) is 17.6 Å². The van der Waals surface area contributed by atoms with Gasteiger partial charge in [-0.15, -0.1) is 0 Å². The third kappa shape index (κ3) is 4.04. The van der Waals surface area contributed by atoms with Crippen LogP contribution in [0.25, 0.3) is 5.82 Å². The van der Waals surface area contributed by atoms with Gasteiger partial charge in [-0.05, 0) is 30.3 Å². The summed E-state index contributed by atoms with van der Waals surface area (Å²) in [7, 11) is 1.49. The van der Waals surface area contributed by atoms with Crippen LogP contribution in [-0.4, -0.2) is 22.6 Å². The molecule has 6 nitrogen and oxygen atoms in total. The molecule has 28 heavy (non-hydrogen) atoms. The second-order valence-electron chi connectivity index (χ2n) is 5.57. The fourth-order valence-corrected chi connectivity index (χ4v) is 2.71. The summed E-state index contributed by atoms with van der Waals surface area (Å²) in [6, 6.07) is 10.7. The van der Waals surface area contributed by atoms with Crippen LogP contribution in [0.3, 0.4) is 0 Å². The number of ether oxygens (including phenoxy) is 1. The lowest BCUT2D eigenvalue weighted by molar-refractivity contribution is -0.137. The van der Waals surface area contributed by atoms with E-state index in [2.05, 4.69) is 15.8 Å². The molecule has 146 valence electrons. The summed E-state index contributed by atoms with van der Waals surface area (Å²) in [5, 5.41) is -0.238. The van der Waals surface area contributed by atoms with Gasteiger partial charge in [0, 0.05) is 12.4 Å². The van der Waals surface area contributed by atoms with Crippen molar-refractivity contribution < 1.29 is 22.7 Å². The predicted octanol–water partition coefficient (Wildman–Crippen LogP) is 4.31. The molecular formula is C18H14ClF3N4O2. The van der Waals surface area contributed by atoms with Crippen molar-refractivity contribution in [3.05, 3.63) is 71.1 Å². The zero-order chi connectivity index (χ0) is 20.3. The number of halogens is 4. The van der Waals surface area contributed by atoms with E-state index in [1.165, 1.54) is 23.9 Å². The van der Waals surface area contributed by atoms with Crippen LogP contribution in [0.15, 0.2) is 54.9 Å². The van der Waals surface area contributed by atoms with Crippen molar-refractivity contribution >= 4 is 23.2 Å². The summed E-state index contributed by atoms with van der Waals surface area (Å²) in [5.41, 5.74) is 4.91. The summed E-state index contributed by atoms with van der Waals surface area (Å²) in [6.45, 7) is 0. The van der Waals surface area contributed by atoms with Gasteiger partial charge in [0.15, 0.2) is 5.82 Å². The van der Waals surface area contributed by atoms with Gasteiger partial charge in [-0.2, -0.15) is 13.2 Å².